The van der Waals surface area contributed by atoms with Crippen LogP contribution in [0.15, 0.2) is 5.16 Å². The first-order chi connectivity index (χ1) is 8.35. The maximum absolute atomic E-state index is 8.64. The molecule has 1 N–H and O–H groups in total. The minimum Gasteiger partial charge on any atom is -0.479 e. The van der Waals surface area contributed by atoms with Crippen LogP contribution in [0, 0.1) is 0 Å². The molecule has 0 saturated heterocycles. The van der Waals surface area contributed by atoms with E-state index in [1.165, 1.54) is 51.4 Å². The second-order valence-electron chi connectivity index (χ2n) is 4.51. The number of oxime groups is 1. The average molecular weight is 243 g/mol. The first kappa shape index (κ1) is 16.3. The Balaban J connectivity index is 3.17. The third kappa shape index (κ3) is 11.5. The molecule has 0 aliphatic rings. The third-order valence-electron chi connectivity index (χ3n) is 2.92. The fourth-order valence-corrected chi connectivity index (χ4v) is 1.90. The van der Waals surface area contributed by atoms with Crippen LogP contribution in [0.2, 0.25) is 0 Å². The van der Waals surface area contributed by atoms with Crippen LogP contribution in [0.3, 0.4) is 0 Å². The molecule has 102 valence electrons. The number of unbranched alkanes of at least 4 members (excludes halogenated alkanes) is 8. The molecular weight excluding hydrogens is 214 g/mol. The summed E-state index contributed by atoms with van der Waals surface area (Å²) < 4.78 is 5.16. The van der Waals surface area contributed by atoms with Crippen molar-refractivity contribution in [3.05, 3.63) is 0 Å². The van der Waals surface area contributed by atoms with Crippen LogP contribution >= 0.6 is 0 Å². The Morgan fingerprint density at radius 3 is 1.88 bits per heavy atom. The molecule has 0 atom stereocenters. The van der Waals surface area contributed by atoms with Crippen molar-refractivity contribution in [2.24, 2.45) is 5.16 Å². The zero-order valence-corrected chi connectivity index (χ0v) is 11.6. The number of hydrogen-bond donors (Lipinski definition) is 1. The van der Waals surface area contributed by atoms with Gasteiger partial charge < -0.3 is 9.94 Å². The molecule has 0 amide bonds. The molecule has 0 aliphatic carbocycles. The van der Waals surface area contributed by atoms with Crippen LogP contribution in [-0.4, -0.2) is 17.7 Å². The van der Waals surface area contributed by atoms with E-state index in [2.05, 4.69) is 12.1 Å². The molecule has 0 aromatic carbocycles. The summed E-state index contributed by atoms with van der Waals surface area (Å²) in [4.78, 5) is 0. The van der Waals surface area contributed by atoms with Crippen LogP contribution in [0.25, 0.3) is 0 Å². The summed E-state index contributed by atoms with van der Waals surface area (Å²) in [5.41, 5.74) is 0. The average Bonchev–Trinajstić information content (AvgIpc) is 2.35. The molecule has 0 saturated carbocycles. The second kappa shape index (κ2) is 13.3. The Bertz CT molecular complexity index is 181. The van der Waals surface area contributed by atoms with Crippen LogP contribution in [0.4, 0.5) is 0 Å². The van der Waals surface area contributed by atoms with Crippen molar-refractivity contribution in [3.63, 3.8) is 0 Å². The SMILES string of the molecule is CCCCCCCCCCCC(=NO)OCC. The molecule has 0 rings (SSSR count). The van der Waals surface area contributed by atoms with Crippen molar-refractivity contribution in [3.8, 4) is 0 Å². The van der Waals surface area contributed by atoms with Gasteiger partial charge in [0.15, 0.2) is 0 Å². The van der Waals surface area contributed by atoms with E-state index < -0.39 is 0 Å². The minimum absolute atomic E-state index is 0.482. The summed E-state index contributed by atoms with van der Waals surface area (Å²) in [6.07, 6.45) is 12.5. The predicted molar refractivity (Wildman–Crippen MR) is 72.7 cm³/mol. The molecule has 3 heteroatoms. The lowest BCUT2D eigenvalue weighted by atomic mass is 10.1. The molecule has 0 fully saturated rings. The lowest BCUT2D eigenvalue weighted by Crippen LogP contribution is -2.04. The molecule has 0 heterocycles. The van der Waals surface area contributed by atoms with Gasteiger partial charge in [-0.2, -0.15) is 0 Å². The molecular formula is C14H29NO2. The van der Waals surface area contributed by atoms with E-state index in [0.29, 0.717) is 12.5 Å². The highest BCUT2D eigenvalue weighted by molar-refractivity contribution is 5.75. The first-order valence-corrected chi connectivity index (χ1v) is 7.18. The first-order valence-electron chi connectivity index (χ1n) is 7.18. The lowest BCUT2D eigenvalue weighted by Gasteiger charge is -2.05. The molecule has 0 bridgehead atoms. The van der Waals surface area contributed by atoms with Gasteiger partial charge >= 0.3 is 0 Å². The number of nitrogens with zero attached hydrogens (tertiary/aromatic N) is 1. The van der Waals surface area contributed by atoms with Crippen molar-refractivity contribution in [1.82, 2.24) is 0 Å². The largest absolute Gasteiger partial charge is 0.479 e. The minimum atomic E-state index is 0.482. The Morgan fingerprint density at radius 1 is 0.882 bits per heavy atom. The van der Waals surface area contributed by atoms with Gasteiger partial charge in [-0.15, -0.1) is 0 Å². The normalized spacial score (nSPS) is 11.8. The van der Waals surface area contributed by atoms with Crippen LogP contribution < -0.4 is 0 Å². The van der Waals surface area contributed by atoms with Crippen LogP contribution in [-0.2, 0) is 4.74 Å². The second-order valence-corrected chi connectivity index (χ2v) is 4.51. The van der Waals surface area contributed by atoms with Crippen molar-refractivity contribution in [2.75, 3.05) is 6.61 Å². The van der Waals surface area contributed by atoms with E-state index in [0.717, 1.165) is 12.8 Å². The monoisotopic (exact) mass is 243 g/mol. The molecule has 0 aromatic heterocycles. The zero-order valence-electron chi connectivity index (χ0n) is 11.6. The molecule has 0 spiro atoms. The summed E-state index contributed by atoms with van der Waals surface area (Å²) in [6, 6.07) is 0. The predicted octanol–water partition coefficient (Wildman–Crippen LogP) is 4.73. The van der Waals surface area contributed by atoms with Crippen LogP contribution in [0.1, 0.15) is 78.1 Å². The summed E-state index contributed by atoms with van der Waals surface area (Å²) in [7, 11) is 0. The molecule has 0 aromatic rings. The van der Waals surface area contributed by atoms with E-state index in [-0.39, 0.29) is 0 Å². The standard InChI is InChI=1S/C14H29NO2/c1-3-5-6-7-8-9-10-11-12-13-14(15-16)17-4-2/h16H,3-13H2,1-2H3. The maximum atomic E-state index is 8.64. The Labute approximate surface area is 106 Å². The van der Waals surface area contributed by atoms with Gasteiger partial charge in [-0.05, 0) is 13.3 Å². The smallest absolute Gasteiger partial charge is 0.225 e. The lowest BCUT2D eigenvalue weighted by molar-refractivity contribution is 0.256. The van der Waals surface area contributed by atoms with E-state index in [9.17, 15) is 0 Å². The fourth-order valence-electron chi connectivity index (χ4n) is 1.90. The summed E-state index contributed by atoms with van der Waals surface area (Å²) >= 11 is 0. The number of ether oxygens (including phenoxy) is 1. The van der Waals surface area contributed by atoms with Gasteiger partial charge in [0.25, 0.3) is 0 Å². The summed E-state index contributed by atoms with van der Waals surface area (Å²) in [5.74, 6) is 0.482. The highest BCUT2D eigenvalue weighted by atomic mass is 16.5. The number of hydrogen-bond acceptors (Lipinski definition) is 3. The van der Waals surface area contributed by atoms with Gasteiger partial charge in [0.2, 0.25) is 5.90 Å². The molecule has 17 heavy (non-hydrogen) atoms. The van der Waals surface area contributed by atoms with Gasteiger partial charge in [-0.25, -0.2) is 0 Å². The molecule has 0 unspecified atom stereocenters. The Morgan fingerprint density at radius 2 is 1.41 bits per heavy atom. The van der Waals surface area contributed by atoms with E-state index in [1.807, 2.05) is 6.92 Å². The summed E-state index contributed by atoms with van der Waals surface area (Å²) in [6.45, 7) is 4.73. The third-order valence-corrected chi connectivity index (χ3v) is 2.92. The fraction of sp³-hybridized carbons (Fsp3) is 0.929. The Hall–Kier alpha value is -0.730. The van der Waals surface area contributed by atoms with Gasteiger partial charge in [0, 0.05) is 6.42 Å². The highest BCUT2D eigenvalue weighted by Crippen LogP contribution is 2.10. The van der Waals surface area contributed by atoms with E-state index in [1.54, 1.807) is 0 Å². The maximum Gasteiger partial charge on any atom is 0.225 e. The van der Waals surface area contributed by atoms with E-state index >= 15 is 0 Å². The van der Waals surface area contributed by atoms with Crippen LogP contribution in [0.5, 0.6) is 0 Å². The topological polar surface area (TPSA) is 41.8 Å². The molecule has 0 radical (unpaired) electrons. The van der Waals surface area contributed by atoms with E-state index in [4.69, 9.17) is 9.94 Å². The van der Waals surface area contributed by atoms with Crippen molar-refractivity contribution < 1.29 is 9.94 Å². The van der Waals surface area contributed by atoms with Gasteiger partial charge in [-0.3, -0.25) is 0 Å². The Kier molecular flexibility index (Phi) is 12.8. The van der Waals surface area contributed by atoms with Crippen molar-refractivity contribution in [1.29, 1.82) is 0 Å². The van der Waals surface area contributed by atoms with Gasteiger partial charge in [0.05, 0.1) is 6.61 Å². The van der Waals surface area contributed by atoms with Gasteiger partial charge in [0.1, 0.15) is 0 Å². The summed E-state index contributed by atoms with van der Waals surface area (Å²) in [5, 5.41) is 11.8. The van der Waals surface area contributed by atoms with Gasteiger partial charge in [-0.1, -0.05) is 63.4 Å². The van der Waals surface area contributed by atoms with Crippen molar-refractivity contribution >= 4 is 5.90 Å². The quantitative estimate of drug-likeness (QED) is 0.187. The van der Waals surface area contributed by atoms with Crippen molar-refractivity contribution in [2.45, 2.75) is 78.1 Å². The molecule has 3 nitrogen and oxygen atoms in total. The zero-order chi connectivity index (χ0) is 12.8. The highest BCUT2D eigenvalue weighted by Gasteiger charge is 1.99. The number of rotatable bonds is 11. The molecule has 0 aliphatic heterocycles.